The van der Waals surface area contributed by atoms with Crippen molar-refractivity contribution in [1.82, 2.24) is 4.90 Å². The van der Waals surface area contributed by atoms with Gasteiger partial charge in [-0.15, -0.1) is 0 Å². The van der Waals surface area contributed by atoms with Crippen molar-refractivity contribution in [2.24, 2.45) is 0 Å². The van der Waals surface area contributed by atoms with Gasteiger partial charge in [0.25, 0.3) is 0 Å². The molecule has 0 unspecified atom stereocenters. The lowest BCUT2D eigenvalue weighted by molar-refractivity contribution is 0.183. The van der Waals surface area contributed by atoms with Gasteiger partial charge in [-0.05, 0) is 67.7 Å². The van der Waals surface area contributed by atoms with Crippen LogP contribution in [-0.2, 0) is 13.0 Å². The number of hydrogen-bond acceptors (Lipinski definition) is 4. The van der Waals surface area contributed by atoms with Crippen LogP contribution in [0.2, 0.25) is 0 Å². The van der Waals surface area contributed by atoms with Crippen molar-refractivity contribution in [3.8, 4) is 11.5 Å². The van der Waals surface area contributed by atoms with Crippen LogP contribution in [0, 0.1) is 0 Å². The van der Waals surface area contributed by atoms with Crippen molar-refractivity contribution in [3.63, 3.8) is 0 Å². The van der Waals surface area contributed by atoms with Crippen LogP contribution in [0.5, 0.6) is 11.5 Å². The van der Waals surface area contributed by atoms with E-state index in [4.69, 9.17) is 9.47 Å². The molecule has 3 aromatic rings. The number of nitrogens with zero attached hydrogens (tertiary/aromatic N) is 2. The smallest absolute Gasteiger partial charge is 0.142 e. The largest absolute Gasteiger partial charge is 0.492 e. The van der Waals surface area contributed by atoms with E-state index in [-0.39, 0.29) is 6.04 Å². The molecule has 4 nitrogen and oxygen atoms in total. The minimum atomic E-state index is 0.283. The van der Waals surface area contributed by atoms with E-state index in [1.807, 2.05) is 6.07 Å². The maximum atomic E-state index is 6.14. The molecule has 4 heteroatoms. The monoisotopic (exact) mass is 442 g/mol. The summed E-state index contributed by atoms with van der Waals surface area (Å²) >= 11 is 0. The Morgan fingerprint density at radius 2 is 1.55 bits per heavy atom. The number of likely N-dealkylation sites (tertiary alicyclic amines) is 1. The predicted octanol–water partition coefficient (Wildman–Crippen LogP) is 5.56. The Morgan fingerprint density at radius 1 is 0.788 bits per heavy atom. The van der Waals surface area contributed by atoms with Gasteiger partial charge in [-0.3, -0.25) is 4.90 Å². The molecule has 0 amide bonds. The molecule has 0 saturated carbocycles. The van der Waals surface area contributed by atoms with Crippen LogP contribution in [-0.4, -0.2) is 43.8 Å². The first-order chi connectivity index (χ1) is 16.3. The van der Waals surface area contributed by atoms with E-state index < -0.39 is 0 Å². The van der Waals surface area contributed by atoms with E-state index in [1.165, 1.54) is 49.2 Å². The zero-order chi connectivity index (χ0) is 22.3. The SMILES string of the molecule is c1ccc(CN2c3ccccc3OC[C@@H]2Cc2ccc(OCCN3CCCCC3)cc2)cc1. The van der Waals surface area contributed by atoms with Gasteiger partial charge in [-0.1, -0.05) is 61.0 Å². The van der Waals surface area contributed by atoms with Gasteiger partial charge >= 0.3 is 0 Å². The van der Waals surface area contributed by atoms with Gasteiger partial charge in [0.2, 0.25) is 0 Å². The standard InChI is InChI=1S/C29H34N2O2/c1-3-9-25(10-4-1)22-31-26(23-33-29-12-6-5-11-28(29)31)21-24-13-15-27(16-14-24)32-20-19-30-17-7-2-8-18-30/h1,3-6,9-16,26H,2,7-8,17-23H2/t26-/m0/s1. The highest BCUT2D eigenvalue weighted by molar-refractivity contribution is 5.61. The molecule has 0 N–H and O–H groups in total. The number of anilines is 1. The number of fused-ring (bicyclic) bond motifs is 1. The minimum absolute atomic E-state index is 0.283. The maximum absolute atomic E-state index is 6.14. The fourth-order valence-electron chi connectivity index (χ4n) is 4.92. The Labute approximate surface area is 197 Å². The molecule has 33 heavy (non-hydrogen) atoms. The fourth-order valence-corrected chi connectivity index (χ4v) is 4.92. The number of hydrogen-bond donors (Lipinski definition) is 0. The summed E-state index contributed by atoms with van der Waals surface area (Å²) < 4.78 is 12.2. The highest BCUT2D eigenvalue weighted by atomic mass is 16.5. The molecule has 1 fully saturated rings. The van der Waals surface area contributed by atoms with Crippen LogP contribution in [0.25, 0.3) is 0 Å². The molecule has 2 aliphatic heterocycles. The predicted molar refractivity (Wildman–Crippen MR) is 134 cm³/mol. The van der Waals surface area contributed by atoms with E-state index in [1.54, 1.807) is 0 Å². The molecule has 5 rings (SSSR count). The van der Waals surface area contributed by atoms with Crippen molar-refractivity contribution in [2.45, 2.75) is 38.3 Å². The molecule has 0 radical (unpaired) electrons. The molecule has 0 aromatic heterocycles. The third kappa shape index (κ3) is 5.69. The average Bonchev–Trinajstić information content (AvgIpc) is 2.88. The second kappa shape index (κ2) is 10.8. The first-order valence-electron chi connectivity index (χ1n) is 12.3. The van der Waals surface area contributed by atoms with Crippen molar-refractivity contribution in [1.29, 1.82) is 0 Å². The average molecular weight is 443 g/mol. The van der Waals surface area contributed by atoms with Crippen LogP contribution in [0.4, 0.5) is 5.69 Å². The molecule has 172 valence electrons. The van der Waals surface area contributed by atoms with E-state index in [0.717, 1.165) is 37.6 Å². The normalized spacial score (nSPS) is 18.4. The molecule has 3 aromatic carbocycles. The first-order valence-corrected chi connectivity index (χ1v) is 12.3. The summed E-state index contributed by atoms with van der Waals surface area (Å²) in [6.45, 7) is 5.79. The second-order valence-corrected chi connectivity index (χ2v) is 9.14. The van der Waals surface area contributed by atoms with E-state index in [2.05, 4.69) is 82.6 Å². The molecule has 1 saturated heterocycles. The van der Waals surface area contributed by atoms with Gasteiger partial charge in [0.15, 0.2) is 0 Å². The number of piperidine rings is 1. The molecule has 0 spiro atoms. The lowest BCUT2D eigenvalue weighted by Crippen LogP contribution is -2.44. The Hall–Kier alpha value is -2.98. The van der Waals surface area contributed by atoms with Crippen molar-refractivity contribution in [3.05, 3.63) is 90.0 Å². The van der Waals surface area contributed by atoms with Crippen molar-refractivity contribution >= 4 is 5.69 Å². The van der Waals surface area contributed by atoms with Gasteiger partial charge in [0, 0.05) is 13.1 Å². The third-order valence-corrected chi connectivity index (χ3v) is 6.76. The summed E-state index contributed by atoms with van der Waals surface area (Å²) in [4.78, 5) is 5.01. The molecular weight excluding hydrogens is 408 g/mol. The second-order valence-electron chi connectivity index (χ2n) is 9.14. The quantitative estimate of drug-likeness (QED) is 0.456. The molecule has 0 aliphatic carbocycles. The molecule has 0 bridgehead atoms. The third-order valence-electron chi connectivity index (χ3n) is 6.76. The number of rotatable bonds is 8. The Morgan fingerprint density at radius 3 is 2.36 bits per heavy atom. The highest BCUT2D eigenvalue weighted by Gasteiger charge is 2.27. The Balaban J connectivity index is 1.22. The van der Waals surface area contributed by atoms with E-state index in [0.29, 0.717) is 6.61 Å². The Kier molecular flexibility index (Phi) is 7.12. The maximum Gasteiger partial charge on any atom is 0.142 e. The summed E-state index contributed by atoms with van der Waals surface area (Å²) in [6.07, 6.45) is 4.96. The lowest BCUT2D eigenvalue weighted by atomic mass is 10.0. The van der Waals surface area contributed by atoms with Gasteiger partial charge in [-0.2, -0.15) is 0 Å². The van der Waals surface area contributed by atoms with Gasteiger partial charge in [-0.25, -0.2) is 0 Å². The summed E-state index contributed by atoms with van der Waals surface area (Å²) in [6, 6.07) is 28.0. The zero-order valence-electron chi connectivity index (χ0n) is 19.4. The van der Waals surface area contributed by atoms with E-state index >= 15 is 0 Å². The van der Waals surface area contributed by atoms with Crippen molar-refractivity contribution in [2.75, 3.05) is 37.7 Å². The summed E-state index contributed by atoms with van der Waals surface area (Å²) in [5.74, 6) is 1.93. The Bertz CT molecular complexity index is 1000. The number of benzene rings is 3. The zero-order valence-corrected chi connectivity index (χ0v) is 19.4. The fraction of sp³-hybridized carbons (Fsp3) is 0.379. The number of para-hydroxylation sites is 2. The first kappa shape index (κ1) is 21.8. The molecule has 2 heterocycles. The van der Waals surface area contributed by atoms with Crippen LogP contribution in [0.1, 0.15) is 30.4 Å². The lowest BCUT2D eigenvalue weighted by Gasteiger charge is -2.39. The summed E-state index contributed by atoms with van der Waals surface area (Å²) in [7, 11) is 0. The molecule has 2 aliphatic rings. The van der Waals surface area contributed by atoms with Gasteiger partial charge < -0.3 is 14.4 Å². The van der Waals surface area contributed by atoms with Gasteiger partial charge in [0.1, 0.15) is 24.7 Å². The van der Waals surface area contributed by atoms with Crippen LogP contribution < -0.4 is 14.4 Å². The van der Waals surface area contributed by atoms with Crippen LogP contribution >= 0.6 is 0 Å². The summed E-state index contributed by atoms with van der Waals surface area (Å²) in [5, 5.41) is 0. The van der Waals surface area contributed by atoms with Gasteiger partial charge in [0.05, 0.1) is 11.7 Å². The molecular formula is C29H34N2O2. The number of ether oxygens (including phenoxy) is 2. The molecule has 1 atom stereocenters. The van der Waals surface area contributed by atoms with Crippen LogP contribution in [0.15, 0.2) is 78.9 Å². The minimum Gasteiger partial charge on any atom is -0.492 e. The highest BCUT2D eigenvalue weighted by Crippen LogP contribution is 2.35. The van der Waals surface area contributed by atoms with Crippen LogP contribution in [0.3, 0.4) is 0 Å². The topological polar surface area (TPSA) is 24.9 Å². The van der Waals surface area contributed by atoms with E-state index in [9.17, 15) is 0 Å². The van der Waals surface area contributed by atoms with Crippen molar-refractivity contribution < 1.29 is 9.47 Å². The summed E-state index contributed by atoms with van der Waals surface area (Å²) in [5.41, 5.74) is 3.80.